The standard InChI is InChI=1S/C14H22N4Se/c1-11-9-13(3)17(15-11)5-7-19-8-6-18-14(4)10-12(2)16-18/h9-10H,5-8H2,1-4H3. The molecule has 5 heteroatoms. The van der Waals surface area contributed by atoms with E-state index in [2.05, 4.69) is 59.4 Å². The van der Waals surface area contributed by atoms with Crippen molar-refractivity contribution in [3.8, 4) is 0 Å². The fraction of sp³-hybridized carbons (Fsp3) is 0.571. The summed E-state index contributed by atoms with van der Waals surface area (Å²) in [6.45, 7) is 10.5. The first-order valence-corrected chi connectivity index (χ1v) is 9.08. The van der Waals surface area contributed by atoms with Gasteiger partial charge in [0.1, 0.15) is 0 Å². The van der Waals surface area contributed by atoms with Crippen LogP contribution in [0.2, 0.25) is 10.6 Å². The molecule has 0 radical (unpaired) electrons. The van der Waals surface area contributed by atoms with Gasteiger partial charge in [-0.2, -0.15) is 0 Å². The Morgan fingerprint density at radius 3 is 1.58 bits per heavy atom. The molecule has 0 aromatic carbocycles. The number of rotatable bonds is 6. The first-order chi connectivity index (χ1) is 9.06. The van der Waals surface area contributed by atoms with Gasteiger partial charge in [-0.15, -0.1) is 0 Å². The molecular weight excluding hydrogens is 303 g/mol. The summed E-state index contributed by atoms with van der Waals surface area (Å²) in [7, 11) is 0. The minimum atomic E-state index is 0.665. The van der Waals surface area contributed by atoms with Gasteiger partial charge in [-0.25, -0.2) is 0 Å². The SMILES string of the molecule is Cc1cc(C)n(CC[Se]CCn2nc(C)cc2C)n1. The monoisotopic (exact) mass is 326 g/mol. The Kier molecular flexibility index (Phi) is 4.83. The van der Waals surface area contributed by atoms with Gasteiger partial charge in [0.25, 0.3) is 0 Å². The summed E-state index contributed by atoms with van der Waals surface area (Å²) < 4.78 is 4.25. The van der Waals surface area contributed by atoms with Crippen LogP contribution in [-0.2, 0) is 13.1 Å². The molecule has 19 heavy (non-hydrogen) atoms. The average Bonchev–Trinajstić information content (AvgIpc) is 2.81. The summed E-state index contributed by atoms with van der Waals surface area (Å²) in [6.07, 6.45) is 0. The maximum atomic E-state index is 4.49. The number of hydrogen-bond acceptors (Lipinski definition) is 2. The second-order valence-corrected chi connectivity index (χ2v) is 7.48. The summed E-state index contributed by atoms with van der Waals surface area (Å²) in [5.74, 6) is 0. The zero-order valence-electron chi connectivity index (χ0n) is 12.2. The molecule has 0 aliphatic rings. The van der Waals surface area contributed by atoms with E-state index >= 15 is 0 Å². The van der Waals surface area contributed by atoms with Crippen LogP contribution in [0.15, 0.2) is 12.1 Å². The summed E-state index contributed by atoms with van der Waals surface area (Å²) in [5.41, 5.74) is 4.78. The second-order valence-electron chi connectivity index (χ2n) is 4.91. The molecular formula is C14H22N4Se. The molecule has 0 N–H and O–H groups in total. The van der Waals surface area contributed by atoms with Gasteiger partial charge >= 0.3 is 121 Å². The number of aromatic nitrogens is 4. The molecule has 2 rings (SSSR count). The first-order valence-electron chi connectivity index (χ1n) is 6.66. The Morgan fingerprint density at radius 2 is 1.26 bits per heavy atom. The van der Waals surface area contributed by atoms with Gasteiger partial charge in [-0.1, -0.05) is 0 Å². The fourth-order valence-electron chi connectivity index (χ4n) is 2.21. The van der Waals surface area contributed by atoms with Crippen LogP contribution in [0.25, 0.3) is 0 Å². The summed E-state index contributed by atoms with van der Waals surface area (Å²) in [5, 5.41) is 11.5. The van der Waals surface area contributed by atoms with Gasteiger partial charge in [0.2, 0.25) is 0 Å². The average molecular weight is 325 g/mol. The van der Waals surface area contributed by atoms with Gasteiger partial charge in [-0.05, 0) is 0 Å². The van der Waals surface area contributed by atoms with Gasteiger partial charge in [0, 0.05) is 0 Å². The van der Waals surface area contributed by atoms with Crippen molar-refractivity contribution in [2.24, 2.45) is 0 Å². The topological polar surface area (TPSA) is 35.6 Å². The molecule has 0 saturated carbocycles. The van der Waals surface area contributed by atoms with Gasteiger partial charge in [-0.3, -0.25) is 0 Å². The molecule has 4 nitrogen and oxygen atoms in total. The molecule has 2 aromatic heterocycles. The molecule has 0 atom stereocenters. The second kappa shape index (κ2) is 6.40. The van der Waals surface area contributed by atoms with Crippen LogP contribution in [0.1, 0.15) is 22.8 Å². The molecule has 0 saturated heterocycles. The predicted molar refractivity (Wildman–Crippen MR) is 78.8 cm³/mol. The van der Waals surface area contributed by atoms with E-state index in [9.17, 15) is 0 Å². The third-order valence-electron chi connectivity index (χ3n) is 3.10. The van der Waals surface area contributed by atoms with Crippen LogP contribution in [0.5, 0.6) is 0 Å². The van der Waals surface area contributed by atoms with E-state index in [1.165, 1.54) is 22.0 Å². The molecule has 0 aliphatic carbocycles. The van der Waals surface area contributed by atoms with Gasteiger partial charge in [0.05, 0.1) is 0 Å². The Bertz CT molecular complexity index is 493. The van der Waals surface area contributed by atoms with E-state index in [0.717, 1.165) is 24.5 Å². The maximum absolute atomic E-state index is 4.49. The third-order valence-corrected chi connectivity index (χ3v) is 5.08. The van der Waals surface area contributed by atoms with E-state index in [1.807, 2.05) is 0 Å². The van der Waals surface area contributed by atoms with Crippen molar-refractivity contribution in [1.29, 1.82) is 0 Å². The molecule has 2 aromatic rings. The Hall–Kier alpha value is -1.06. The summed E-state index contributed by atoms with van der Waals surface area (Å²) in [4.78, 5) is 0. The Morgan fingerprint density at radius 1 is 0.842 bits per heavy atom. The quantitative estimate of drug-likeness (QED) is 0.604. The predicted octanol–water partition coefficient (Wildman–Crippen LogP) is 2.55. The number of aryl methyl sites for hydroxylation is 6. The van der Waals surface area contributed by atoms with E-state index in [0.29, 0.717) is 15.0 Å². The molecule has 0 bridgehead atoms. The molecule has 0 aliphatic heterocycles. The third kappa shape index (κ3) is 3.95. The van der Waals surface area contributed by atoms with Crippen molar-refractivity contribution in [2.75, 3.05) is 0 Å². The Labute approximate surface area is 121 Å². The van der Waals surface area contributed by atoms with Crippen LogP contribution in [-0.4, -0.2) is 34.5 Å². The van der Waals surface area contributed by atoms with Crippen molar-refractivity contribution in [2.45, 2.75) is 51.4 Å². The van der Waals surface area contributed by atoms with Crippen molar-refractivity contribution >= 4 is 15.0 Å². The summed E-state index contributed by atoms with van der Waals surface area (Å²) >= 11 is 0.665. The molecule has 0 amide bonds. The van der Waals surface area contributed by atoms with Crippen LogP contribution < -0.4 is 0 Å². The van der Waals surface area contributed by atoms with E-state index in [1.54, 1.807) is 0 Å². The van der Waals surface area contributed by atoms with Crippen LogP contribution >= 0.6 is 0 Å². The van der Waals surface area contributed by atoms with Crippen LogP contribution in [0, 0.1) is 27.7 Å². The Balaban J connectivity index is 1.70. The molecule has 2 heterocycles. The zero-order valence-corrected chi connectivity index (χ0v) is 13.9. The molecule has 0 fully saturated rings. The van der Waals surface area contributed by atoms with Crippen molar-refractivity contribution in [3.63, 3.8) is 0 Å². The molecule has 104 valence electrons. The van der Waals surface area contributed by atoms with Crippen molar-refractivity contribution < 1.29 is 0 Å². The number of nitrogens with zero attached hydrogens (tertiary/aromatic N) is 4. The van der Waals surface area contributed by atoms with Gasteiger partial charge in [0.15, 0.2) is 0 Å². The first kappa shape index (κ1) is 14.4. The number of hydrogen-bond donors (Lipinski definition) is 0. The van der Waals surface area contributed by atoms with Crippen LogP contribution in [0.3, 0.4) is 0 Å². The minimum absolute atomic E-state index is 0.665. The normalized spacial score (nSPS) is 11.2. The fourth-order valence-corrected chi connectivity index (χ4v) is 3.90. The molecule has 0 unspecified atom stereocenters. The van der Waals surface area contributed by atoms with E-state index in [4.69, 9.17) is 0 Å². The van der Waals surface area contributed by atoms with Crippen molar-refractivity contribution in [1.82, 2.24) is 19.6 Å². The zero-order chi connectivity index (χ0) is 13.8. The van der Waals surface area contributed by atoms with E-state index in [-0.39, 0.29) is 0 Å². The van der Waals surface area contributed by atoms with Crippen LogP contribution in [0.4, 0.5) is 0 Å². The summed E-state index contributed by atoms with van der Waals surface area (Å²) in [6, 6.07) is 4.28. The molecule has 0 spiro atoms. The van der Waals surface area contributed by atoms with Crippen molar-refractivity contribution in [3.05, 3.63) is 34.9 Å². The van der Waals surface area contributed by atoms with Gasteiger partial charge < -0.3 is 0 Å². The van der Waals surface area contributed by atoms with E-state index < -0.39 is 0 Å².